The van der Waals surface area contributed by atoms with Crippen molar-refractivity contribution >= 4 is 68.4 Å². The second-order valence-corrected chi connectivity index (χ2v) is 10.9. The van der Waals surface area contributed by atoms with Crippen LogP contribution in [0.4, 0.5) is 20.7 Å². The van der Waals surface area contributed by atoms with Gasteiger partial charge in [0.1, 0.15) is 11.4 Å². The number of aromatic nitrogens is 1. The molecule has 3 aromatic rings. The molecule has 170 valence electrons. The van der Waals surface area contributed by atoms with E-state index in [9.17, 15) is 4.79 Å². The van der Waals surface area contributed by atoms with Crippen molar-refractivity contribution in [1.29, 1.82) is 0 Å². The first-order valence-electron chi connectivity index (χ1n) is 9.64. The molecule has 0 bridgehead atoms. The SMILES string of the molecule is CC(Nc1cc(F)c(SN(C(=O)OC(C)(C)C)c2cscn2)cc1Cl)c1cccc(Br)c1. The van der Waals surface area contributed by atoms with Crippen molar-refractivity contribution in [3.63, 3.8) is 0 Å². The summed E-state index contributed by atoms with van der Waals surface area (Å²) in [5.41, 5.74) is 2.36. The van der Waals surface area contributed by atoms with E-state index in [4.69, 9.17) is 16.3 Å². The maximum atomic E-state index is 15.0. The van der Waals surface area contributed by atoms with Crippen LogP contribution in [0.3, 0.4) is 0 Å². The Kier molecular flexibility index (Phi) is 8.08. The Morgan fingerprint density at radius 1 is 1.34 bits per heavy atom. The van der Waals surface area contributed by atoms with E-state index >= 15 is 4.39 Å². The molecule has 10 heteroatoms. The summed E-state index contributed by atoms with van der Waals surface area (Å²) in [7, 11) is 0. The third-order valence-electron chi connectivity index (χ3n) is 4.12. The van der Waals surface area contributed by atoms with Crippen LogP contribution in [0.1, 0.15) is 39.3 Å². The molecule has 1 atom stereocenters. The van der Waals surface area contributed by atoms with Gasteiger partial charge in [-0.2, -0.15) is 4.31 Å². The van der Waals surface area contributed by atoms with E-state index in [0.717, 1.165) is 22.0 Å². The van der Waals surface area contributed by atoms with Crippen molar-refractivity contribution in [1.82, 2.24) is 4.98 Å². The molecule has 0 aliphatic carbocycles. The molecule has 32 heavy (non-hydrogen) atoms. The van der Waals surface area contributed by atoms with E-state index in [1.54, 1.807) is 31.7 Å². The minimum atomic E-state index is -0.710. The minimum absolute atomic E-state index is 0.101. The van der Waals surface area contributed by atoms with Gasteiger partial charge in [-0.25, -0.2) is 14.2 Å². The molecule has 1 N–H and O–H groups in total. The summed E-state index contributed by atoms with van der Waals surface area (Å²) in [6.45, 7) is 7.25. The Morgan fingerprint density at radius 3 is 2.72 bits per heavy atom. The molecular weight excluding hydrogens is 537 g/mol. The molecule has 5 nitrogen and oxygen atoms in total. The highest BCUT2D eigenvalue weighted by Crippen LogP contribution is 2.37. The van der Waals surface area contributed by atoms with Gasteiger partial charge in [-0.05, 0) is 57.5 Å². The van der Waals surface area contributed by atoms with Crippen LogP contribution in [0.5, 0.6) is 0 Å². The second-order valence-electron chi connectivity index (χ2n) is 7.90. The third-order valence-corrected chi connectivity index (χ3v) is 6.53. The molecule has 3 rings (SSSR count). The van der Waals surface area contributed by atoms with Gasteiger partial charge in [0.15, 0.2) is 5.82 Å². The van der Waals surface area contributed by atoms with Crippen LogP contribution >= 0.6 is 50.8 Å². The number of nitrogens with one attached hydrogen (secondary N) is 1. The van der Waals surface area contributed by atoms with Crippen LogP contribution in [0.25, 0.3) is 0 Å². The number of rotatable bonds is 6. The average molecular weight is 559 g/mol. The molecule has 0 radical (unpaired) electrons. The number of hydrogen-bond donors (Lipinski definition) is 1. The number of amides is 1. The number of halogens is 3. The molecule has 0 saturated heterocycles. The van der Waals surface area contributed by atoms with Crippen molar-refractivity contribution < 1.29 is 13.9 Å². The molecule has 0 spiro atoms. The van der Waals surface area contributed by atoms with Gasteiger partial charge in [-0.3, -0.25) is 0 Å². The van der Waals surface area contributed by atoms with Gasteiger partial charge in [-0.15, -0.1) is 11.3 Å². The average Bonchev–Trinajstić information content (AvgIpc) is 3.22. The fourth-order valence-electron chi connectivity index (χ4n) is 2.69. The van der Waals surface area contributed by atoms with Gasteiger partial charge in [-0.1, -0.05) is 39.7 Å². The molecule has 2 aromatic carbocycles. The predicted octanol–water partition coefficient (Wildman–Crippen LogP) is 8.32. The Bertz CT molecular complexity index is 1090. The maximum Gasteiger partial charge on any atom is 0.426 e. The van der Waals surface area contributed by atoms with Crippen LogP contribution in [0.15, 0.2) is 56.7 Å². The molecular formula is C22H22BrClFN3O2S2. The van der Waals surface area contributed by atoms with E-state index in [-0.39, 0.29) is 10.9 Å². The zero-order valence-corrected chi connectivity index (χ0v) is 21.8. The number of hydrogen-bond acceptors (Lipinski definition) is 6. The zero-order valence-electron chi connectivity index (χ0n) is 17.9. The Morgan fingerprint density at radius 2 is 2.09 bits per heavy atom. The van der Waals surface area contributed by atoms with Crippen LogP contribution in [0, 0.1) is 5.82 Å². The molecule has 1 aromatic heterocycles. The lowest BCUT2D eigenvalue weighted by atomic mass is 10.1. The normalized spacial score (nSPS) is 12.3. The van der Waals surface area contributed by atoms with E-state index in [2.05, 4.69) is 26.2 Å². The summed E-state index contributed by atoms with van der Waals surface area (Å²) in [5.74, 6) is -0.164. The molecule has 1 heterocycles. The van der Waals surface area contributed by atoms with E-state index < -0.39 is 17.5 Å². The van der Waals surface area contributed by atoms with Crippen molar-refractivity contribution in [3.05, 3.63) is 68.2 Å². The molecule has 0 fully saturated rings. The molecule has 0 aliphatic rings. The summed E-state index contributed by atoms with van der Waals surface area (Å²) in [6, 6.07) is 10.5. The van der Waals surface area contributed by atoms with Gasteiger partial charge in [0.25, 0.3) is 0 Å². The molecule has 1 unspecified atom stereocenters. The number of thiazole rings is 1. The molecule has 0 aliphatic heterocycles. The lowest BCUT2D eigenvalue weighted by Crippen LogP contribution is -2.32. The quantitative estimate of drug-likeness (QED) is 0.308. The van der Waals surface area contributed by atoms with E-state index in [0.29, 0.717) is 16.5 Å². The summed E-state index contributed by atoms with van der Waals surface area (Å²) in [5, 5.41) is 5.26. The van der Waals surface area contributed by atoms with Crippen LogP contribution in [0.2, 0.25) is 5.02 Å². The minimum Gasteiger partial charge on any atom is -0.443 e. The molecule has 0 saturated carbocycles. The Hall–Kier alpha value is -1.81. The monoisotopic (exact) mass is 557 g/mol. The highest BCUT2D eigenvalue weighted by molar-refractivity contribution is 9.10. The first-order valence-corrected chi connectivity index (χ1v) is 12.5. The number of benzene rings is 2. The van der Waals surface area contributed by atoms with Crippen LogP contribution in [-0.2, 0) is 4.74 Å². The summed E-state index contributed by atoms with van der Waals surface area (Å²) >= 11 is 12.1. The van der Waals surface area contributed by atoms with Crippen LogP contribution < -0.4 is 9.62 Å². The van der Waals surface area contributed by atoms with Crippen molar-refractivity contribution in [2.45, 2.75) is 44.2 Å². The van der Waals surface area contributed by atoms with Gasteiger partial charge < -0.3 is 10.1 Å². The summed E-state index contributed by atoms with van der Waals surface area (Å²) < 4.78 is 22.7. The van der Waals surface area contributed by atoms with Crippen molar-refractivity contribution in [2.24, 2.45) is 0 Å². The van der Waals surface area contributed by atoms with Crippen molar-refractivity contribution in [2.75, 3.05) is 9.62 Å². The number of carbonyl (C=O) groups excluding carboxylic acids is 1. The number of anilines is 2. The highest BCUT2D eigenvalue weighted by Gasteiger charge is 2.27. The van der Waals surface area contributed by atoms with Gasteiger partial charge >= 0.3 is 6.09 Å². The Balaban J connectivity index is 1.83. The number of carbonyl (C=O) groups is 1. The molecule has 1 amide bonds. The maximum absolute atomic E-state index is 15.0. The second kappa shape index (κ2) is 10.4. The predicted molar refractivity (Wildman–Crippen MR) is 134 cm³/mol. The number of ether oxygens (including phenoxy) is 1. The van der Waals surface area contributed by atoms with Gasteiger partial charge in [0, 0.05) is 27.8 Å². The fraction of sp³-hybridized carbons (Fsp3) is 0.273. The smallest absolute Gasteiger partial charge is 0.426 e. The van der Waals surface area contributed by atoms with Crippen LogP contribution in [-0.4, -0.2) is 16.7 Å². The third kappa shape index (κ3) is 6.60. The first kappa shape index (κ1) is 24.8. The standard InChI is InChI=1S/C22H22BrClFN3O2S2/c1-13(14-6-5-7-15(23)8-14)27-18-10-17(25)19(9-16(18)24)32-28(20-11-31-12-26-20)21(29)30-22(2,3)4/h5-13,27H,1-4H3. The zero-order chi connectivity index (χ0) is 23.5. The van der Waals surface area contributed by atoms with E-state index in [1.807, 2.05) is 31.2 Å². The van der Waals surface area contributed by atoms with Gasteiger partial charge in [0.2, 0.25) is 0 Å². The fourth-order valence-corrected chi connectivity index (χ4v) is 4.79. The number of nitrogens with zero attached hydrogens (tertiary/aromatic N) is 2. The largest absolute Gasteiger partial charge is 0.443 e. The van der Waals surface area contributed by atoms with E-state index in [1.165, 1.54) is 27.8 Å². The lowest BCUT2D eigenvalue weighted by molar-refractivity contribution is 0.0611. The van der Waals surface area contributed by atoms with Crippen molar-refractivity contribution in [3.8, 4) is 0 Å². The summed E-state index contributed by atoms with van der Waals surface area (Å²) in [6.07, 6.45) is -0.644. The lowest BCUT2D eigenvalue weighted by Gasteiger charge is -2.25. The topological polar surface area (TPSA) is 54.5 Å². The van der Waals surface area contributed by atoms with Gasteiger partial charge in [0.05, 0.1) is 21.1 Å². The highest BCUT2D eigenvalue weighted by atomic mass is 79.9. The Labute approximate surface area is 208 Å². The first-order chi connectivity index (χ1) is 15.0. The summed E-state index contributed by atoms with van der Waals surface area (Å²) in [4.78, 5) is 17.1.